The largest absolute Gasteiger partial charge is 0.481 e. The Kier molecular flexibility index (Phi) is 6.79. The van der Waals surface area contributed by atoms with Crippen molar-refractivity contribution < 1.29 is 38.8 Å². The molecule has 9 nitrogen and oxygen atoms in total. The molecular formula is C15H21NO8S. The summed E-state index contributed by atoms with van der Waals surface area (Å²) in [6.45, 7) is 1.41. The number of ether oxygens (including phenoxy) is 3. The lowest BCUT2D eigenvalue weighted by Crippen LogP contribution is -2.50. The van der Waals surface area contributed by atoms with E-state index in [1.54, 1.807) is 0 Å². The molecule has 25 heavy (non-hydrogen) atoms. The lowest BCUT2D eigenvalue weighted by molar-refractivity contribution is -0.162. The molecule has 0 unspecified atom stereocenters. The Morgan fingerprint density at radius 1 is 1.20 bits per heavy atom. The predicted molar refractivity (Wildman–Crippen MR) is 87.5 cm³/mol. The third-order valence-electron chi connectivity index (χ3n) is 4.14. The van der Waals surface area contributed by atoms with Crippen molar-refractivity contribution in [2.45, 2.75) is 37.3 Å². The van der Waals surface area contributed by atoms with Crippen molar-refractivity contribution in [1.82, 2.24) is 0 Å². The first-order chi connectivity index (χ1) is 11.8. The summed E-state index contributed by atoms with van der Waals surface area (Å²) in [4.78, 5) is 38.2. The number of thioether (sulfide) groups is 1. The van der Waals surface area contributed by atoms with Gasteiger partial charge in [0, 0.05) is 25.9 Å². The Hall–Kier alpha value is -1.65. The molecule has 140 valence electrons. The topological polar surface area (TPSA) is 132 Å². The maximum atomic E-state index is 11.3. The molecule has 1 saturated heterocycles. The number of hydrogen-bond donors (Lipinski definition) is 2. The quantitative estimate of drug-likeness (QED) is 0.586. The van der Waals surface area contributed by atoms with Crippen LogP contribution in [0.1, 0.15) is 19.8 Å². The molecule has 0 saturated carbocycles. The monoisotopic (exact) mass is 375 g/mol. The first-order valence-corrected chi connectivity index (χ1v) is 8.64. The summed E-state index contributed by atoms with van der Waals surface area (Å²) in [6.07, 6.45) is -1.22. The van der Waals surface area contributed by atoms with Crippen molar-refractivity contribution in [3.8, 4) is 0 Å². The minimum absolute atomic E-state index is 0.118. The average molecular weight is 375 g/mol. The molecule has 0 aromatic heterocycles. The van der Waals surface area contributed by atoms with E-state index in [2.05, 4.69) is 4.99 Å². The number of nitrogens with zero attached hydrogens (tertiary/aromatic N) is 1. The third kappa shape index (κ3) is 5.16. The second-order valence-electron chi connectivity index (χ2n) is 5.93. The van der Waals surface area contributed by atoms with Gasteiger partial charge < -0.3 is 24.4 Å². The molecule has 0 radical (unpaired) electrons. The minimum atomic E-state index is -1.07. The highest BCUT2D eigenvalue weighted by Gasteiger charge is 2.50. The van der Waals surface area contributed by atoms with Crippen LogP contribution < -0.4 is 0 Å². The number of carboxylic acids is 2. The number of aliphatic carboxylic acids is 2. The van der Waals surface area contributed by atoms with Crippen molar-refractivity contribution in [2.75, 3.05) is 20.3 Å². The van der Waals surface area contributed by atoms with Gasteiger partial charge in [0.25, 0.3) is 0 Å². The van der Waals surface area contributed by atoms with Crippen molar-refractivity contribution >= 4 is 34.7 Å². The third-order valence-corrected chi connectivity index (χ3v) is 5.26. The van der Waals surface area contributed by atoms with Crippen molar-refractivity contribution in [2.24, 2.45) is 16.8 Å². The maximum absolute atomic E-state index is 11.3. The fraction of sp³-hybridized carbons (Fsp3) is 0.733. The van der Waals surface area contributed by atoms with E-state index in [0.29, 0.717) is 5.04 Å². The van der Waals surface area contributed by atoms with Gasteiger partial charge in [0.2, 0.25) is 0 Å². The number of aliphatic imine (C=N–C) groups is 1. The zero-order chi connectivity index (χ0) is 18.6. The number of fused-ring (bicyclic) bond motifs is 1. The normalized spacial score (nSPS) is 31.1. The first-order valence-electron chi connectivity index (χ1n) is 7.76. The Morgan fingerprint density at radius 3 is 2.40 bits per heavy atom. The van der Waals surface area contributed by atoms with Crippen LogP contribution in [0.5, 0.6) is 0 Å². The van der Waals surface area contributed by atoms with Gasteiger partial charge in [0.15, 0.2) is 0 Å². The molecule has 0 spiro atoms. The first kappa shape index (κ1) is 19.7. The standard InChI is InChI=1S/C15H21NO8S/c1-7(17)23-5-10-8(3-12(18)19)9(4-13(20)21)14-15(24-10)25-11(16-14)6-22-2/h8-10,14-15H,3-6H2,1-2H3,(H,18,19)(H,20,21)/t8-,9+,10-,14+,15+/m0/s1. The van der Waals surface area contributed by atoms with Gasteiger partial charge in [-0.3, -0.25) is 19.4 Å². The molecule has 2 aliphatic heterocycles. The van der Waals surface area contributed by atoms with Crippen LogP contribution in [0.3, 0.4) is 0 Å². The maximum Gasteiger partial charge on any atom is 0.303 e. The molecule has 0 aliphatic carbocycles. The molecule has 2 aliphatic rings. The minimum Gasteiger partial charge on any atom is -0.481 e. The summed E-state index contributed by atoms with van der Waals surface area (Å²) in [5, 5.41) is 19.2. The van der Waals surface area contributed by atoms with Gasteiger partial charge in [0.1, 0.15) is 12.0 Å². The van der Waals surface area contributed by atoms with Gasteiger partial charge in [-0.25, -0.2) is 0 Å². The lowest BCUT2D eigenvalue weighted by Gasteiger charge is -2.42. The number of hydrogen-bond acceptors (Lipinski definition) is 8. The number of methoxy groups -OCH3 is 1. The van der Waals surface area contributed by atoms with Gasteiger partial charge in [-0.2, -0.15) is 0 Å². The summed E-state index contributed by atoms with van der Waals surface area (Å²) in [6, 6.07) is -0.468. The summed E-state index contributed by atoms with van der Waals surface area (Å²) < 4.78 is 16.0. The van der Waals surface area contributed by atoms with E-state index in [0.717, 1.165) is 0 Å². The number of rotatable bonds is 8. The second kappa shape index (κ2) is 8.63. The number of carbonyl (C=O) groups excluding carboxylic acids is 1. The Labute approximate surface area is 148 Å². The molecule has 5 atom stereocenters. The summed E-state index contributed by atoms with van der Waals surface area (Å²) >= 11 is 1.33. The molecule has 2 rings (SSSR count). The fourth-order valence-electron chi connectivity index (χ4n) is 3.18. The van der Waals surface area contributed by atoms with E-state index < -0.39 is 47.3 Å². The molecule has 0 amide bonds. The van der Waals surface area contributed by atoms with Crippen molar-refractivity contribution in [3.63, 3.8) is 0 Å². The molecule has 2 N–H and O–H groups in total. The SMILES string of the molecule is COCC1=N[C@@H]2[C@H](CC(=O)O)[C@H](CC(=O)O)[C@H](COC(C)=O)O[C@@H]2S1. The molecule has 1 fully saturated rings. The van der Waals surface area contributed by atoms with Gasteiger partial charge in [0.05, 0.1) is 36.6 Å². The zero-order valence-electron chi connectivity index (χ0n) is 13.9. The molecule has 0 bridgehead atoms. The van der Waals surface area contributed by atoms with E-state index in [4.69, 9.17) is 14.2 Å². The smallest absolute Gasteiger partial charge is 0.303 e. The van der Waals surface area contributed by atoms with Crippen LogP contribution in [-0.2, 0) is 28.6 Å². The number of esters is 1. The van der Waals surface area contributed by atoms with Crippen LogP contribution in [-0.4, -0.2) is 71.1 Å². The highest BCUT2D eigenvalue weighted by molar-refractivity contribution is 8.14. The summed E-state index contributed by atoms with van der Waals surface area (Å²) in [5.74, 6) is -3.77. The zero-order valence-corrected chi connectivity index (χ0v) is 14.7. The van der Waals surface area contributed by atoms with Crippen LogP contribution in [0, 0.1) is 11.8 Å². The van der Waals surface area contributed by atoms with Crippen LogP contribution in [0.15, 0.2) is 4.99 Å². The van der Waals surface area contributed by atoms with Crippen molar-refractivity contribution in [1.29, 1.82) is 0 Å². The fourth-order valence-corrected chi connectivity index (χ4v) is 4.42. The molecule has 2 heterocycles. The van der Waals surface area contributed by atoms with Gasteiger partial charge in [-0.15, -0.1) is 0 Å². The highest BCUT2D eigenvalue weighted by atomic mass is 32.2. The van der Waals surface area contributed by atoms with E-state index in [1.807, 2.05) is 0 Å². The average Bonchev–Trinajstić information content (AvgIpc) is 2.89. The van der Waals surface area contributed by atoms with Crippen molar-refractivity contribution in [3.05, 3.63) is 0 Å². The van der Waals surface area contributed by atoms with Crippen LogP contribution in [0.2, 0.25) is 0 Å². The Balaban J connectivity index is 2.27. The van der Waals surface area contributed by atoms with Crippen LogP contribution in [0.25, 0.3) is 0 Å². The van der Waals surface area contributed by atoms with Gasteiger partial charge >= 0.3 is 17.9 Å². The van der Waals surface area contributed by atoms with Crippen LogP contribution >= 0.6 is 11.8 Å². The van der Waals surface area contributed by atoms with E-state index in [1.165, 1.54) is 25.8 Å². The predicted octanol–water partition coefficient (Wildman–Crippen LogP) is 0.617. The molecule has 0 aromatic rings. The highest BCUT2D eigenvalue weighted by Crippen LogP contribution is 2.44. The van der Waals surface area contributed by atoms with Gasteiger partial charge in [-0.1, -0.05) is 11.8 Å². The van der Waals surface area contributed by atoms with Gasteiger partial charge in [-0.05, 0) is 0 Å². The molecular weight excluding hydrogens is 354 g/mol. The summed E-state index contributed by atoms with van der Waals surface area (Å²) in [5.41, 5.74) is -0.444. The summed E-state index contributed by atoms with van der Waals surface area (Å²) in [7, 11) is 1.53. The van der Waals surface area contributed by atoms with Crippen LogP contribution in [0.4, 0.5) is 0 Å². The number of carbonyl (C=O) groups is 3. The van der Waals surface area contributed by atoms with E-state index >= 15 is 0 Å². The second-order valence-corrected chi connectivity index (χ2v) is 7.10. The Bertz CT molecular complexity index is 566. The number of carboxylic acid groups (broad SMARTS) is 2. The lowest BCUT2D eigenvalue weighted by atomic mass is 9.76. The van der Waals surface area contributed by atoms with E-state index in [9.17, 15) is 24.6 Å². The van der Waals surface area contributed by atoms with E-state index in [-0.39, 0.29) is 26.1 Å². The molecule has 0 aromatic carbocycles. The molecule has 10 heteroatoms. The Morgan fingerprint density at radius 2 is 1.84 bits per heavy atom.